The number of aromatic nitrogens is 1. The maximum absolute atomic E-state index is 12.2. The smallest absolute Gasteiger partial charge is 0.412 e. The molecule has 3 aromatic rings. The lowest BCUT2D eigenvalue weighted by Crippen LogP contribution is -2.66. The van der Waals surface area contributed by atoms with E-state index in [1.165, 1.54) is 10.4 Å². The second kappa shape index (κ2) is 9.89. The van der Waals surface area contributed by atoms with Crippen molar-refractivity contribution < 1.29 is 14.0 Å². The molecule has 0 atom stereocenters. The fraction of sp³-hybridized carbons (Fsp3) is 0.333. The van der Waals surface area contributed by atoms with Crippen LogP contribution in [-0.4, -0.2) is 25.0 Å². The Bertz CT molecular complexity index is 1020. The Morgan fingerprint density at radius 3 is 1.91 bits per heavy atom. The van der Waals surface area contributed by atoms with Gasteiger partial charge in [0, 0.05) is 11.9 Å². The molecule has 0 aliphatic carbocycles. The summed E-state index contributed by atoms with van der Waals surface area (Å²) in [6.07, 6.45) is 1.18. The first-order valence-electron chi connectivity index (χ1n) is 11.2. The van der Waals surface area contributed by atoms with Crippen molar-refractivity contribution in [1.82, 2.24) is 4.98 Å². The van der Waals surface area contributed by atoms with Gasteiger partial charge in [-0.1, -0.05) is 81.4 Å². The van der Waals surface area contributed by atoms with Gasteiger partial charge in [0.25, 0.3) is 8.32 Å². The van der Waals surface area contributed by atoms with E-state index in [0.29, 0.717) is 12.3 Å². The van der Waals surface area contributed by atoms with Crippen molar-refractivity contribution in [3.8, 4) is 0 Å². The van der Waals surface area contributed by atoms with Gasteiger partial charge in [0.05, 0.1) is 12.3 Å². The number of carbonyl (C=O) groups is 1. The van der Waals surface area contributed by atoms with E-state index in [4.69, 9.17) is 9.16 Å². The second-order valence-electron chi connectivity index (χ2n) is 10.1. The molecule has 0 radical (unpaired) electrons. The summed E-state index contributed by atoms with van der Waals surface area (Å²) in [4.78, 5) is 16.7. The molecule has 0 aliphatic rings. The lowest BCUT2D eigenvalue weighted by Gasteiger charge is -2.43. The minimum Gasteiger partial charge on any atom is -0.444 e. The number of benzene rings is 2. The average Bonchev–Trinajstić information content (AvgIpc) is 2.74. The SMILES string of the molecule is CC(C)(C)OC(=O)Nc1ccnc(CO[Si](c2ccccc2)(c2ccccc2)C(C)(C)C)c1. The van der Waals surface area contributed by atoms with Gasteiger partial charge in [0.15, 0.2) is 0 Å². The molecule has 33 heavy (non-hydrogen) atoms. The van der Waals surface area contributed by atoms with E-state index in [-0.39, 0.29) is 5.04 Å². The van der Waals surface area contributed by atoms with Gasteiger partial charge in [-0.25, -0.2) is 4.79 Å². The topological polar surface area (TPSA) is 60.5 Å². The number of nitrogens with one attached hydrogen (secondary N) is 1. The molecule has 3 rings (SSSR count). The number of anilines is 1. The standard InChI is InChI=1S/C27H34N2O3Si/c1-26(2,3)32-25(30)29-21-17-18-28-22(19-21)20-31-33(27(4,5)6,23-13-9-7-10-14-23)24-15-11-8-12-16-24/h7-19H,20H2,1-6H3,(H,28,29,30). The third-order valence-corrected chi connectivity index (χ3v) is 10.3. The molecule has 174 valence electrons. The predicted molar refractivity (Wildman–Crippen MR) is 137 cm³/mol. The molecule has 0 saturated heterocycles. The summed E-state index contributed by atoms with van der Waals surface area (Å²) in [5.74, 6) is 0. The first-order chi connectivity index (χ1) is 15.5. The molecule has 0 unspecified atom stereocenters. The monoisotopic (exact) mass is 462 g/mol. The molecule has 1 amide bonds. The highest BCUT2D eigenvalue weighted by Gasteiger charge is 2.50. The predicted octanol–water partition coefficient (Wildman–Crippen LogP) is 5.51. The minimum atomic E-state index is -2.67. The summed E-state index contributed by atoms with van der Waals surface area (Å²) in [6.45, 7) is 12.6. The molecule has 1 heterocycles. The van der Waals surface area contributed by atoms with Gasteiger partial charge in [-0.05, 0) is 48.3 Å². The minimum absolute atomic E-state index is 0.123. The maximum atomic E-state index is 12.2. The summed E-state index contributed by atoms with van der Waals surface area (Å²) in [5.41, 5.74) is 0.809. The van der Waals surface area contributed by atoms with Crippen LogP contribution in [0.15, 0.2) is 79.0 Å². The number of nitrogens with zero attached hydrogens (tertiary/aromatic N) is 1. The first-order valence-corrected chi connectivity index (χ1v) is 13.1. The van der Waals surface area contributed by atoms with Crippen LogP contribution >= 0.6 is 0 Å². The van der Waals surface area contributed by atoms with Crippen LogP contribution in [0.3, 0.4) is 0 Å². The fourth-order valence-corrected chi connectivity index (χ4v) is 8.52. The van der Waals surface area contributed by atoms with E-state index in [2.05, 4.69) is 79.6 Å². The van der Waals surface area contributed by atoms with E-state index in [9.17, 15) is 4.79 Å². The van der Waals surface area contributed by atoms with E-state index in [0.717, 1.165) is 5.69 Å². The molecule has 0 spiro atoms. The van der Waals surface area contributed by atoms with Gasteiger partial charge in [-0.3, -0.25) is 10.3 Å². The van der Waals surface area contributed by atoms with E-state index in [1.807, 2.05) is 39.0 Å². The Kier molecular flexibility index (Phi) is 7.40. The molecule has 0 fully saturated rings. The molecule has 5 nitrogen and oxygen atoms in total. The Labute approximate surface area is 198 Å². The summed E-state index contributed by atoms with van der Waals surface area (Å²) in [7, 11) is -2.67. The molecule has 1 N–H and O–H groups in total. The number of ether oxygens (including phenoxy) is 1. The van der Waals surface area contributed by atoms with Gasteiger partial charge >= 0.3 is 6.09 Å². The Morgan fingerprint density at radius 2 is 1.42 bits per heavy atom. The first kappa shape index (κ1) is 24.7. The number of amides is 1. The van der Waals surface area contributed by atoms with E-state index < -0.39 is 20.0 Å². The van der Waals surface area contributed by atoms with Crippen LogP contribution in [0.2, 0.25) is 5.04 Å². The van der Waals surface area contributed by atoms with Crippen molar-refractivity contribution in [2.24, 2.45) is 0 Å². The van der Waals surface area contributed by atoms with Crippen molar-refractivity contribution in [1.29, 1.82) is 0 Å². The zero-order valence-corrected chi connectivity index (χ0v) is 21.4. The van der Waals surface area contributed by atoms with Crippen molar-refractivity contribution in [2.75, 3.05) is 5.32 Å². The van der Waals surface area contributed by atoms with Gasteiger partial charge in [-0.15, -0.1) is 0 Å². The molecule has 1 aromatic heterocycles. The van der Waals surface area contributed by atoms with Crippen LogP contribution in [0.25, 0.3) is 0 Å². The van der Waals surface area contributed by atoms with Crippen LogP contribution in [0.5, 0.6) is 0 Å². The Hall–Kier alpha value is -2.96. The van der Waals surface area contributed by atoms with Crippen LogP contribution in [0, 0.1) is 0 Å². The molecular formula is C27H34N2O3Si. The van der Waals surface area contributed by atoms with Gasteiger partial charge < -0.3 is 9.16 Å². The molecule has 0 aliphatic heterocycles. The van der Waals surface area contributed by atoms with Crippen molar-refractivity contribution in [3.63, 3.8) is 0 Å². The molecule has 6 heteroatoms. The Morgan fingerprint density at radius 1 is 0.879 bits per heavy atom. The number of carbonyl (C=O) groups excluding carboxylic acids is 1. The van der Waals surface area contributed by atoms with Crippen molar-refractivity contribution in [3.05, 3.63) is 84.7 Å². The van der Waals surface area contributed by atoms with Crippen LogP contribution in [0.4, 0.5) is 10.5 Å². The summed E-state index contributed by atoms with van der Waals surface area (Å²) in [5, 5.41) is 5.09. The van der Waals surface area contributed by atoms with E-state index >= 15 is 0 Å². The third kappa shape index (κ3) is 6.09. The lowest BCUT2D eigenvalue weighted by atomic mass is 10.2. The van der Waals surface area contributed by atoms with Crippen LogP contribution < -0.4 is 15.7 Å². The second-order valence-corrected chi connectivity index (χ2v) is 14.4. The number of hydrogen-bond donors (Lipinski definition) is 1. The Balaban J connectivity index is 1.92. The van der Waals surface area contributed by atoms with Crippen molar-refractivity contribution in [2.45, 2.75) is 58.8 Å². The summed E-state index contributed by atoms with van der Waals surface area (Å²) >= 11 is 0. The van der Waals surface area contributed by atoms with Crippen molar-refractivity contribution >= 4 is 30.5 Å². The fourth-order valence-electron chi connectivity index (χ4n) is 4.00. The average molecular weight is 463 g/mol. The summed E-state index contributed by atoms with van der Waals surface area (Å²) in [6, 6.07) is 24.6. The van der Waals surface area contributed by atoms with Crippen LogP contribution in [0.1, 0.15) is 47.2 Å². The number of hydrogen-bond acceptors (Lipinski definition) is 4. The summed E-state index contributed by atoms with van der Waals surface area (Å²) < 4.78 is 12.3. The molecule has 0 bridgehead atoms. The third-order valence-electron chi connectivity index (χ3n) is 5.32. The van der Waals surface area contributed by atoms with E-state index in [1.54, 1.807) is 12.3 Å². The largest absolute Gasteiger partial charge is 0.444 e. The molecule has 0 saturated carbocycles. The zero-order valence-electron chi connectivity index (χ0n) is 20.4. The van der Waals surface area contributed by atoms with Crippen LogP contribution in [-0.2, 0) is 15.8 Å². The molecule has 2 aromatic carbocycles. The zero-order chi connectivity index (χ0) is 24.1. The quantitative estimate of drug-likeness (QED) is 0.491. The number of rotatable bonds is 6. The van der Waals surface area contributed by atoms with Gasteiger partial charge in [-0.2, -0.15) is 0 Å². The van der Waals surface area contributed by atoms with Gasteiger partial charge in [0.1, 0.15) is 5.60 Å². The highest BCUT2D eigenvalue weighted by Crippen LogP contribution is 2.37. The highest BCUT2D eigenvalue weighted by molar-refractivity contribution is 6.99. The molecular weight excluding hydrogens is 428 g/mol. The highest BCUT2D eigenvalue weighted by atomic mass is 28.4. The number of pyridine rings is 1. The van der Waals surface area contributed by atoms with Gasteiger partial charge in [0.2, 0.25) is 0 Å². The maximum Gasteiger partial charge on any atom is 0.412 e. The lowest BCUT2D eigenvalue weighted by molar-refractivity contribution is 0.0636. The normalized spacial score (nSPS) is 12.3.